The van der Waals surface area contributed by atoms with E-state index in [-0.39, 0.29) is 24.2 Å². The fourth-order valence-corrected chi connectivity index (χ4v) is 3.36. The summed E-state index contributed by atoms with van der Waals surface area (Å²) in [4.78, 5) is 39.2. The summed E-state index contributed by atoms with van der Waals surface area (Å²) < 4.78 is 5.09. The van der Waals surface area contributed by atoms with Gasteiger partial charge in [0.05, 0.1) is 31.2 Å². The van der Waals surface area contributed by atoms with E-state index in [2.05, 4.69) is 0 Å². The molecule has 2 heterocycles. The molecule has 1 aromatic rings. The Morgan fingerprint density at radius 2 is 1.79 bits per heavy atom. The van der Waals surface area contributed by atoms with Gasteiger partial charge >= 0.3 is 5.97 Å². The predicted molar refractivity (Wildman–Crippen MR) is 85.8 cm³/mol. The minimum atomic E-state index is -0.789. The first-order valence-electron chi connectivity index (χ1n) is 7.99. The van der Waals surface area contributed by atoms with Gasteiger partial charge in [0.1, 0.15) is 5.75 Å². The first-order chi connectivity index (χ1) is 11.5. The van der Waals surface area contributed by atoms with Crippen molar-refractivity contribution in [1.82, 2.24) is 4.90 Å². The van der Waals surface area contributed by atoms with E-state index in [4.69, 9.17) is 9.84 Å². The molecule has 0 aliphatic carbocycles. The minimum Gasteiger partial charge on any atom is -0.497 e. The molecule has 24 heavy (non-hydrogen) atoms. The molecule has 0 bridgehead atoms. The standard InChI is InChI=1S/C17H20N2O5/c1-24-13-4-2-12(3-5-13)19-15(20)10-14(16(19)21)18-8-6-11(7-9-18)17(22)23/h2-5,11,14H,6-10H2,1H3,(H,22,23)/t14-/m1/s1. The lowest BCUT2D eigenvalue weighted by atomic mass is 9.96. The Morgan fingerprint density at radius 3 is 2.33 bits per heavy atom. The number of carbonyl (C=O) groups is 3. The molecule has 0 unspecified atom stereocenters. The second-order valence-electron chi connectivity index (χ2n) is 6.13. The van der Waals surface area contributed by atoms with Crippen LogP contribution in [0.4, 0.5) is 5.69 Å². The number of methoxy groups -OCH3 is 1. The number of likely N-dealkylation sites (tertiary alicyclic amines) is 1. The smallest absolute Gasteiger partial charge is 0.306 e. The van der Waals surface area contributed by atoms with Gasteiger partial charge in [0, 0.05) is 0 Å². The number of amides is 2. The van der Waals surface area contributed by atoms with Gasteiger partial charge in [0.25, 0.3) is 5.91 Å². The van der Waals surface area contributed by atoms with E-state index in [0.29, 0.717) is 37.4 Å². The van der Waals surface area contributed by atoms with Crippen molar-refractivity contribution in [3.8, 4) is 5.75 Å². The van der Waals surface area contributed by atoms with Crippen molar-refractivity contribution < 1.29 is 24.2 Å². The van der Waals surface area contributed by atoms with Crippen molar-refractivity contribution >= 4 is 23.5 Å². The Bertz CT molecular complexity index is 649. The maximum atomic E-state index is 12.7. The van der Waals surface area contributed by atoms with Crippen LogP contribution in [-0.4, -0.2) is 54.0 Å². The number of piperidine rings is 1. The van der Waals surface area contributed by atoms with Crippen LogP contribution in [-0.2, 0) is 14.4 Å². The van der Waals surface area contributed by atoms with Crippen LogP contribution < -0.4 is 9.64 Å². The zero-order valence-electron chi connectivity index (χ0n) is 13.5. The van der Waals surface area contributed by atoms with Gasteiger partial charge in [0.15, 0.2) is 0 Å². The summed E-state index contributed by atoms with van der Waals surface area (Å²) in [5.41, 5.74) is 0.536. The van der Waals surface area contributed by atoms with Gasteiger partial charge in [-0.3, -0.25) is 19.3 Å². The van der Waals surface area contributed by atoms with Gasteiger partial charge in [-0.15, -0.1) is 0 Å². The highest BCUT2D eigenvalue weighted by atomic mass is 16.5. The number of ether oxygens (including phenoxy) is 1. The quantitative estimate of drug-likeness (QED) is 0.832. The van der Waals surface area contributed by atoms with Gasteiger partial charge in [-0.05, 0) is 50.2 Å². The molecule has 1 aromatic carbocycles. The minimum absolute atomic E-state index is 0.141. The number of hydrogen-bond acceptors (Lipinski definition) is 5. The molecule has 2 saturated heterocycles. The normalized spacial score (nSPS) is 22.9. The second kappa shape index (κ2) is 6.60. The van der Waals surface area contributed by atoms with Crippen LogP contribution in [0.15, 0.2) is 24.3 Å². The molecular formula is C17H20N2O5. The molecule has 7 heteroatoms. The van der Waals surface area contributed by atoms with Crippen LogP contribution in [0.25, 0.3) is 0 Å². The Morgan fingerprint density at radius 1 is 1.17 bits per heavy atom. The highest BCUT2D eigenvalue weighted by Crippen LogP contribution is 2.29. The van der Waals surface area contributed by atoms with Crippen molar-refractivity contribution in [2.75, 3.05) is 25.1 Å². The molecule has 2 aliphatic heterocycles. The van der Waals surface area contributed by atoms with Crippen molar-refractivity contribution in [3.63, 3.8) is 0 Å². The molecule has 2 amide bonds. The Hall–Kier alpha value is -2.41. The molecule has 3 rings (SSSR count). The van der Waals surface area contributed by atoms with Crippen molar-refractivity contribution in [1.29, 1.82) is 0 Å². The van der Waals surface area contributed by atoms with Gasteiger partial charge in [-0.2, -0.15) is 0 Å². The number of anilines is 1. The van der Waals surface area contributed by atoms with Crippen LogP contribution in [0.1, 0.15) is 19.3 Å². The third-order valence-electron chi connectivity index (χ3n) is 4.77. The van der Waals surface area contributed by atoms with Crippen LogP contribution in [0.2, 0.25) is 0 Å². The van der Waals surface area contributed by atoms with Gasteiger partial charge in [0.2, 0.25) is 5.91 Å². The van der Waals surface area contributed by atoms with Gasteiger partial charge in [-0.1, -0.05) is 0 Å². The third-order valence-corrected chi connectivity index (χ3v) is 4.77. The molecule has 2 aliphatic rings. The summed E-state index contributed by atoms with van der Waals surface area (Å²) in [5, 5.41) is 9.06. The fraction of sp³-hybridized carbons (Fsp3) is 0.471. The number of benzene rings is 1. The predicted octanol–water partition coefficient (Wildman–Crippen LogP) is 1.12. The molecule has 2 fully saturated rings. The van der Waals surface area contributed by atoms with Crippen LogP contribution >= 0.6 is 0 Å². The number of aliphatic carboxylic acids is 1. The Kier molecular flexibility index (Phi) is 4.53. The topological polar surface area (TPSA) is 87.2 Å². The number of rotatable bonds is 4. The van der Waals surface area contributed by atoms with Crippen LogP contribution in [0, 0.1) is 5.92 Å². The summed E-state index contributed by atoms with van der Waals surface area (Å²) in [5.74, 6) is -0.950. The molecule has 7 nitrogen and oxygen atoms in total. The van der Waals surface area contributed by atoms with E-state index in [1.807, 2.05) is 4.90 Å². The summed E-state index contributed by atoms with van der Waals surface area (Å²) in [7, 11) is 1.55. The molecule has 0 aromatic heterocycles. The van der Waals surface area contributed by atoms with E-state index in [1.54, 1.807) is 31.4 Å². The largest absolute Gasteiger partial charge is 0.497 e. The molecule has 0 spiro atoms. The first kappa shape index (κ1) is 16.4. The lowest BCUT2D eigenvalue weighted by Gasteiger charge is -2.33. The lowest BCUT2D eigenvalue weighted by Crippen LogP contribution is -2.46. The maximum absolute atomic E-state index is 12.7. The third kappa shape index (κ3) is 2.99. The van der Waals surface area contributed by atoms with Crippen LogP contribution in [0.3, 0.4) is 0 Å². The van der Waals surface area contributed by atoms with E-state index in [0.717, 1.165) is 0 Å². The first-order valence-corrected chi connectivity index (χ1v) is 7.99. The van der Waals surface area contributed by atoms with Gasteiger partial charge in [-0.25, -0.2) is 4.90 Å². The van der Waals surface area contributed by atoms with Crippen molar-refractivity contribution in [2.24, 2.45) is 5.92 Å². The second-order valence-corrected chi connectivity index (χ2v) is 6.13. The van der Waals surface area contributed by atoms with Crippen molar-refractivity contribution in [3.05, 3.63) is 24.3 Å². The number of hydrogen-bond donors (Lipinski definition) is 1. The molecule has 1 N–H and O–H groups in total. The zero-order valence-corrected chi connectivity index (χ0v) is 13.5. The Balaban J connectivity index is 1.71. The average molecular weight is 332 g/mol. The molecule has 128 valence electrons. The number of carboxylic acids is 1. The monoisotopic (exact) mass is 332 g/mol. The van der Waals surface area contributed by atoms with E-state index in [9.17, 15) is 14.4 Å². The van der Waals surface area contributed by atoms with Gasteiger partial charge < -0.3 is 9.84 Å². The van der Waals surface area contributed by atoms with Crippen LogP contribution in [0.5, 0.6) is 5.75 Å². The zero-order chi connectivity index (χ0) is 17.3. The number of imide groups is 1. The summed E-state index contributed by atoms with van der Waals surface area (Å²) in [6, 6.07) is 6.30. The maximum Gasteiger partial charge on any atom is 0.306 e. The SMILES string of the molecule is COc1ccc(N2C(=O)C[C@@H](N3CCC(C(=O)O)CC3)C2=O)cc1. The lowest BCUT2D eigenvalue weighted by molar-refractivity contribution is -0.143. The highest BCUT2D eigenvalue weighted by Gasteiger charge is 2.43. The number of carboxylic acid groups (broad SMARTS) is 1. The fourth-order valence-electron chi connectivity index (χ4n) is 3.36. The summed E-state index contributed by atoms with van der Waals surface area (Å²) in [6.07, 6.45) is 1.16. The average Bonchev–Trinajstić information content (AvgIpc) is 2.89. The van der Waals surface area contributed by atoms with Crippen molar-refractivity contribution in [2.45, 2.75) is 25.3 Å². The number of carbonyl (C=O) groups excluding carboxylic acids is 2. The summed E-state index contributed by atoms with van der Waals surface area (Å²) in [6.45, 7) is 1.05. The Labute approximate surface area is 139 Å². The van der Waals surface area contributed by atoms with E-state index >= 15 is 0 Å². The van der Waals surface area contributed by atoms with E-state index in [1.165, 1.54) is 4.90 Å². The summed E-state index contributed by atoms with van der Waals surface area (Å²) >= 11 is 0. The molecule has 0 radical (unpaired) electrons. The number of nitrogens with zero attached hydrogens (tertiary/aromatic N) is 2. The highest BCUT2D eigenvalue weighted by molar-refractivity contribution is 6.22. The molecular weight excluding hydrogens is 312 g/mol. The molecule has 1 atom stereocenters. The molecule has 0 saturated carbocycles. The van der Waals surface area contributed by atoms with E-state index < -0.39 is 12.0 Å².